The first-order chi connectivity index (χ1) is 18.2. The highest BCUT2D eigenvalue weighted by Crippen LogP contribution is 2.39. The van der Waals surface area contributed by atoms with Gasteiger partial charge in [-0.2, -0.15) is 0 Å². The van der Waals surface area contributed by atoms with Gasteiger partial charge in [0.25, 0.3) is 0 Å². The second-order valence-electron chi connectivity index (χ2n) is 9.41. The third-order valence-corrected chi connectivity index (χ3v) is 6.97. The normalized spacial score (nSPS) is 19.9. The summed E-state index contributed by atoms with van der Waals surface area (Å²) in [6, 6.07) is 19.9. The van der Waals surface area contributed by atoms with Crippen molar-refractivity contribution in [1.82, 2.24) is 15.1 Å². The summed E-state index contributed by atoms with van der Waals surface area (Å²) in [5.41, 5.74) is 4.61. The van der Waals surface area contributed by atoms with Crippen molar-refractivity contribution in [3.8, 4) is 22.6 Å². The molecule has 2 unspecified atom stereocenters. The van der Waals surface area contributed by atoms with E-state index in [1.807, 2.05) is 36.4 Å². The van der Waals surface area contributed by atoms with Gasteiger partial charge in [0.15, 0.2) is 18.1 Å². The SMILES string of the molecule is OC1CCN(c2ccc(-c3onc4ccc(-c5ccnc(NC6OC6c6ccco6)n5)cc34)cc2)CC1. The van der Waals surface area contributed by atoms with Gasteiger partial charge in [-0.15, -0.1) is 0 Å². The lowest BCUT2D eigenvalue weighted by Crippen LogP contribution is -2.35. The number of benzene rings is 2. The largest absolute Gasteiger partial charge is 0.466 e. The highest BCUT2D eigenvalue weighted by Gasteiger charge is 2.43. The first-order valence-corrected chi connectivity index (χ1v) is 12.4. The van der Waals surface area contributed by atoms with Gasteiger partial charge in [-0.1, -0.05) is 11.2 Å². The van der Waals surface area contributed by atoms with E-state index in [9.17, 15) is 5.11 Å². The van der Waals surface area contributed by atoms with Gasteiger partial charge >= 0.3 is 0 Å². The molecule has 2 saturated heterocycles. The maximum Gasteiger partial charge on any atom is 0.225 e. The predicted octanol–water partition coefficient (Wildman–Crippen LogP) is 5.02. The molecule has 9 nitrogen and oxygen atoms in total. The topological polar surface area (TPSA) is 113 Å². The van der Waals surface area contributed by atoms with E-state index in [2.05, 4.69) is 44.6 Å². The number of furan rings is 1. The molecule has 0 spiro atoms. The maximum absolute atomic E-state index is 9.78. The van der Waals surface area contributed by atoms with Crippen molar-refractivity contribution in [2.75, 3.05) is 23.3 Å². The molecule has 2 aliphatic heterocycles. The Kier molecular flexibility index (Phi) is 5.37. The van der Waals surface area contributed by atoms with Crippen LogP contribution in [0.15, 0.2) is 82.1 Å². The summed E-state index contributed by atoms with van der Waals surface area (Å²) >= 11 is 0. The lowest BCUT2D eigenvalue weighted by Gasteiger charge is -2.31. The molecule has 0 amide bonds. The Morgan fingerprint density at radius 3 is 2.62 bits per heavy atom. The minimum atomic E-state index is -0.216. The van der Waals surface area contributed by atoms with Crippen LogP contribution in [0.3, 0.4) is 0 Å². The number of aromatic nitrogens is 3. The molecule has 7 rings (SSSR count). The Morgan fingerprint density at radius 1 is 0.973 bits per heavy atom. The van der Waals surface area contributed by atoms with Crippen molar-refractivity contribution < 1.29 is 18.8 Å². The van der Waals surface area contributed by atoms with Crippen LogP contribution in [0.5, 0.6) is 0 Å². The number of nitrogens with one attached hydrogen (secondary N) is 1. The van der Waals surface area contributed by atoms with Gasteiger partial charge < -0.3 is 29.0 Å². The average molecular weight is 496 g/mol. The Morgan fingerprint density at radius 2 is 1.81 bits per heavy atom. The Hall–Kier alpha value is -4.21. The van der Waals surface area contributed by atoms with Crippen molar-refractivity contribution in [3.05, 3.63) is 78.9 Å². The summed E-state index contributed by atoms with van der Waals surface area (Å²) in [5, 5.41) is 18.2. The van der Waals surface area contributed by atoms with E-state index < -0.39 is 0 Å². The van der Waals surface area contributed by atoms with Crippen LogP contribution in [-0.4, -0.2) is 45.7 Å². The standard InChI is InChI=1S/C28H25N5O4/c34-20-10-13-33(14-11-20)19-6-3-17(4-7-19)25-21-16-18(5-8-23(21)32-37-25)22-9-12-29-28(30-22)31-27-26(36-27)24-2-1-15-35-24/h1-9,12,15-16,20,26-27,34H,10-11,13-14H2,(H,29,30,31). The second-order valence-corrected chi connectivity index (χ2v) is 9.41. The number of aliphatic hydroxyl groups excluding tert-OH is 1. The molecule has 2 N–H and O–H groups in total. The molecule has 0 aliphatic carbocycles. The Bertz CT molecular complexity index is 1520. The maximum atomic E-state index is 9.78. The summed E-state index contributed by atoms with van der Waals surface area (Å²) < 4.78 is 16.8. The molecule has 2 fully saturated rings. The third kappa shape index (κ3) is 4.32. The van der Waals surface area contributed by atoms with E-state index in [0.29, 0.717) is 5.95 Å². The first kappa shape index (κ1) is 22.0. The number of ether oxygens (including phenoxy) is 1. The fourth-order valence-corrected chi connectivity index (χ4v) is 4.86. The van der Waals surface area contributed by atoms with Gasteiger partial charge in [-0.25, -0.2) is 9.97 Å². The van der Waals surface area contributed by atoms with Crippen LogP contribution in [-0.2, 0) is 4.74 Å². The molecule has 2 atom stereocenters. The molecule has 0 radical (unpaired) electrons. The van der Waals surface area contributed by atoms with Gasteiger partial charge in [0.1, 0.15) is 11.3 Å². The fraction of sp³-hybridized carbons (Fsp3) is 0.250. The van der Waals surface area contributed by atoms with Crippen molar-refractivity contribution in [1.29, 1.82) is 0 Å². The van der Waals surface area contributed by atoms with Crippen LogP contribution < -0.4 is 10.2 Å². The quantitative estimate of drug-likeness (QED) is 0.314. The van der Waals surface area contributed by atoms with E-state index >= 15 is 0 Å². The lowest BCUT2D eigenvalue weighted by atomic mass is 10.0. The molecule has 0 saturated carbocycles. The summed E-state index contributed by atoms with van der Waals surface area (Å²) in [6.07, 6.45) is 4.43. The number of epoxide rings is 1. The Balaban J connectivity index is 1.12. The number of fused-ring (bicyclic) bond motifs is 1. The van der Waals surface area contributed by atoms with Gasteiger partial charge in [0.05, 0.1) is 23.4 Å². The molecule has 37 heavy (non-hydrogen) atoms. The van der Waals surface area contributed by atoms with Crippen molar-refractivity contribution in [2.45, 2.75) is 31.3 Å². The monoisotopic (exact) mass is 495 g/mol. The number of piperidine rings is 1. The van der Waals surface area contributed by atoms with E-state index in [1.165, 1.54) is 0 Å². The molecule has 0 bridgehead atoms. The molecular weight excluding hydrogens is 470 g/mol. The number of hydrogen-bond acceptors (Lipinski definition) is 9. The summed E-state index contributed by atoms with van der Waals surface area (Å²) in [5.74, 6) is 1.99. The predicted molar refractivity (Wildman–Crippen MR) is 138 cm³/mol. The molecule has 2 aromatic carbocycles. The number of anilines is 2. The summed E-state index contributed by atoms with van der Waals surface area (Å²) in [4.78, 5) is 11.3. The van der Waals surface area contributed by atoms with Crippen LogP contribution in [0.1, 0.15) is 24.7 Å². The molecular formula is C28H25N5O4. The molecule has 2 aliphatic rings. The zero-order valence-electron chi connectivity index (χ0n) is 19.9. The molecule has 186 valence electrons. The smallest absolute Gasteiger partial charge is 0.225 e. The van der Waals surface area contributed by atoms with E-state index in [-0.39, 0.29) is 18.4 Å². The van der Waals surface area contributed by atoms with Gasteiger partial charge in [-0.3, -0.25) is 0 Å². The van der Waals surface area contributed by atoms with Gasteiger partial charge in [0, 0.05) is 36.1 Å². The highest BCUT2D eigenvalue weighted by molar-refractivity contribution is 5.94. The summed E-state index contributed by atoms with van der Waals surface area (Å²) in [7, 11) is 0. The third-order valence-electron chi connectivity index (χ3n) is 6.97. The molecule has 3 aromatic heterocycles. The molecule has 9 heteroatoms. The highest BCUT2D eigenvalue weighted by atomic mass is 16.6. The first-order valence-electron chi connectivity index (χ1n) is 12.4. The number of hydrogen-bond donors (Lipinski definition) is 2. The van der Waals surface area contributed by atoms with Gasteiger partial charge in [-0.05, 0) is 67.4 Å². The molecule has 5 aromatic rings. The average Bonchev–Trinajstić information content (AvgIpc) is 3.30. The number of nitrogens with zero attached hydrogens (tertiary/aromatic N) is 4. The van der Waals surface area contributed by atoms with Crippen molar-refractivity contribution >= 4 is 22.5 Å². The number of aliphatic hydroxyl groups is 1. The van der Waals surface area contributed by atoms with Crippen LogP contribution in [0.2, 0.25) is 0 Å². The fourth-order valence-electron chi connectivity index (χ4n) is 4.86. The Labute approximate surface area is 212 Å². The van der Waals surface area contributed by atoms with Crippen LogP contribution in [0, 0.1) is 0 Å². The van der Waals surface area contributed by atoms with Crippen LogP contribution in [0.25, 0.3) is 33.5 Å². The van der Waals surface area contributed by atoms with E-state index in [0.717, 1.165) is 70.9 Å². The van der Waals surface area contributed by atoms with Crippen LogP contribution >= 0.6 is 0 Å². The number of rotatable bonds is 6. The summed E-state index contributed by atoms with van der Waals surface area (Å²) in [6.45, 7) is 1.72. The van der Waals surface area contributed by atoms with E-state index in [1.54, 1.807) is 12.5 Å². The zero-order valence-corrected chi connectivity index (χ0v) is 19.9. The van der Waals surface area contributed by atoms with Crippen LogP contribution in [0.4, 0.5) is 11.6 Å². The van der Waals surface area contributed by atoms with Crippen molar-refractivity contribution in [2.24, 2.45) is 0 Å². The second kappa shape index (κ2) is 9.02. The molecule has 5 heterocycles. The van der Waals surface area contributed by atoms with Gasteiger partial charge in [0.2, 0.25) is 5.95 Å². The lowest BCUT2D eigenvalue weighted by molar-refractivity contribution is 0.145. The zero-order chi connectivity index (χ0) is 24.8. The van der Waals surface area contributed by atoms with E-state index in [4.69, 9.17) is 18.7 Å². The van der Waals surface area contributed by atoms with Crippen molar-refractivity contribution in [3.63, 3.8) is 0 Å². The minimum Gasteiger partial charge on any atom is -0.466 e. The minimum absolute atomic E-state index is 0.133.